The van der Waals surface area contributed by atoms with Gasteiger partial charge < -0.3 is 11.1 Å². The number of hydrogen-bond acceptors (Lipinski definition) is 4. The minimum absolute atomic E-state index is 0.655. The van der Waals surface area contributed by atoms with E-state index in [2.05, 4.69) is 29.5 Å². The molecule has 0 saturated carbocycles. The monoisotopic (exact) mass is 241 g/mol. The topological polar surface area (TPSA) is 50.9 Å². The minimum atomic E-state index is 0.655. The van der Waals surface area contributed by atoms with Gasteiger partial charge in [-0.3, -0.25) is 0 Å². The van der Waals surface area contributed by atoms with E-state index in [9.17, 15) is 0 Å². The quantitative estimate of drug-likeness (QED) is 0.686. The van der Waals surface area contributed by atoms with E-state index in [4.69, 9.17) is 5.73 Å². The molecule has 0 amide bonds. The van der Waals surface area contributed by atoms with Crippen molar-refractivity contribution < 1.29 is 0 Å². The van der Waals surface area contributed by atoms with Gasteiger partial charge in [0.05, 0.1) is 11.2 Å². The largest absolute Gasteiger partial charge is 0.330 e. The Balaban J connectivity index is 2.09. The number of hydrogen-bond donors (Lipinski definition) is 2. The number of nitrogens with two attached hydrogens (primary N) is 1. The van der Waals surface area contributed by atoms with Gasteiger partial charge in [-0.25, -0.2) is 4.98 Å². The first kappa shape index (κ1) is 13.6. The van der Waals surface area contributed by atoms with Crippen LogP contribution in [0.25, 0.3) is 0 Å². The van der Waals surface area contributed by atoms with Gasteiger partial charge in [0.15, 0.2) is 0 Å². The van der Waals surface area contributed by atoms with Crippen LogP contribution < -0.4 is 11.1 Å². The van der Waals surface area contributed by atoms with Crippen LogP contribution in [0.1, 0.15) is 32.4 Å². The zero-order chi connectivity index (χ0) is 11.8. The summed E-state index contributed by atoms with van der Waals surface area (Å²) in [6, 6.07) is 0. The van der Waals surface area contributed by atoms with Crippen molar-refractivity contribution in [1.82, 2.24) is 10.3 Å². The van der Waals surface area contributed by atoms with E-state index in [-0.39, 0.29) is 0 Å². The molecule has 3 nitrogen and oxygen atoms in total. The zero-order valence-corrected chi connectivity index (χ0v) is 11.1. The third kappa shape index (κ3) is 5.58. The molecule has 4 heteroatoms. The Labute approximate surface area is 102 Å². The molecule has 0 radical (unpaired) electrons. The van der Waals surface area contributed by atoms with Gasteiger partial charge in [0.25, 0.3) is 0 Å². The highest BCUT2D eigenvalue weighted by atomic mass is 32.1. The normalized spacial score (nSPS) is 13.2. The van der Waals surface area contributed by atoms with Crippen LogP contribution in [0.4, 0.5) is 0 Å². The fourth-order valence-electron chi connectivity index (χ4n) is 1.85. The Hall–Kier alpha value is -0.450. The molecule has 1 heterocycles. The molecule has 1 aromatic rings. The van der Waals surface area contributed by atoms with Gasteiger partial charge in [0.1, 0.15) is 0 Å². The molecule has 0 aliphatic rings. The molecule has 0 aliphatic carbocycles. The molecular formula is C12H23N3S. The Morgan fingerprint density at radius 1 is 1.50 bits per heavy atom. The van der Waals surface area contributed by atoms with Crippen molar-refractivity contribution in [2.45, 2.75) is 33.2 Å². The maximum absolute atomic E-state index is 5.76. The highest BCUT2D eigenvalue weighted by Crippen LogP contribution is 2.13. The van der Waals surface area contributed by atoms with E-state index in [1.807, 2.05) is 5.51 Å². The van der Waals surface area contributed by atoms with Gasteiger partial charge in [-0.2, -0.15) is 0 Å². The molecule has 0 aromatic carbocycles. The van der Waals surface area contributed by atoms with Crippen molar-refractivity contribution in [3.63, 3.8) is 0 Å². The molecular weight excluding hydrogens is 218 g/mol. The van der Waals surface area contributed by atoms with Crippen LogP contribution in [0.2, 0.25) is 0 Å². The summed E-state index contributed by atoms with van der Waals surface area (Å²) >= 11 is 1.65. The first-order valence-corrected chi connectivity index (χ1v) is 6.94. The highest BCUT2D eigenvalue weighted by molar-refractivity contribution is 7.07. The maximum atomic E-state index is 5.76. The van der Waals surface area contributed by atoms with Crippen molar-refractivity contribution in [2.75, 3.05) is 13.1 Å². The standard InChI is InChI=1S/C12H23N3S/c1-10(2)5-11(6-13)3-4-14-7-12-8-16-9-15-12/h8-11,14H,3-7,13H2,1-2H3. The first-order chi connectivity index (χ1) is 7.72. The minimum Gasteiger partial charge on any atom is -0.330 e. The third-order valence-corrected chi connectivity index (χ3v) is 3.29. The lowest BCUT2D eigenvalue weighted by Crippen LogP contribution is -2.23. The van der Waals surface area contributed by atoms with E-state index in [1.165, 1.54) is 12.8 Å². The second kappa shape index (κ2) is 7.76. The first-order valence-electron chi connectivity index (χ1n) is 6.00. The maximum Gasteiger partial charge on any atom is 0.0795 e. The van der Waals surface area contributed by atoms with Crippen LogP contribution in [0.3, 0.4) is 0 Å². The fourth-order valence-corrected chi connectivity index (χ4v) is 2.40. The lowest BCUT2D eigenvalue weighted by Gasteiger charge is -2.16. The summed E-state index contributed by atoms with van der Waals surface area (Å²) in [6.45, 7) is 7.22. The van der Waals surface area contributed by atoms with Crippen LogP contribution >= 0.6 is 11.3 Å². The van der Waals surface area contributed by atoms with Gasteiger partial charge in [-0.1, -0.05) is 13.8 Å². The molecule has 0 spiro atoms. The van der Waals surface area contributed by atoms with E-state index in [0.717, 1.165) is 31.2 Å². The van der Waals surface area contributed by atoms with Crippen molar-refractivity contribution in [2.24, 2.45) is 17.6 Å². The number of rotatable bonds is 8. The lowest BCUT2D eigenvalue weighted by molar-refractivity contribution is 0.385. The van der Waals surface area contributed by atoms with Crippen molar-refractivity contribution in [3.8, 4) is 0 Å². The molecule has 1 atom stereocenters. The summed E-state index contributed by atoms with van der Waals surface area (Å²) in [6.07, 6.45) is 2.40. The SMILES string of the molecule is CC(C)CC(CN)CCNCc1cscn1. The molecule has 1 unspecified atom stereocenters. The average molecular weight is 241 g/mol. The summed E-state index contributed by atoms with van der Waals surface area (Å²) in [5.74, 6) is 1.40. The Morgan fingerprint density at radius 3 is 2.88 bits per heavy atom. The number of aromatic nitrogens is 1. The van der Waals surface area contributed by atoms with Crippen LogP contribution in [0.15, 0.2) is 10.9 Å². The molecule has 16 heavy (non-hydrogen) atoms. The van der Waals surface area contributed by atoms with E-state index < -0.39 is 0 Å². The molecule has 3 N–H and O–H groups in total. The van der Waals surface area contributed by atoms with Gasteiger partial charge in [-0.15, -0.1) is 11.3 Å². The smallest absolute Gasteiger partial charge is 0.0795 e. The summed E-state index contributed by atoms with van der Waals surface area (Å²) in [5, 5.41) is 5.50. The van der Waals surface area contributed by atoms with Crippen molar-refractivity contribution in [1.29, 1.82) is 0 Å². The van der Waals surface area contributed by atoms with E-state index in [0.29, 0.717) is 5.92 Å². The molecule has 0 fully saturated rings. The summed E-state index contributed by atoms with van der Waals surface area (Å²) < 4.78 is 0. The van der Waals surface area contributed by atoms with Gasteiger partial charge >= 0.3 is 0 Å². The summed E-state index contributed by atoms with van der Waals surface area (Å²) in [5.41, 5.74) is 8.77. The van der Waals surface area contributed by atoms with Gasteiger partial charge in [0, 0.05) is 11.9 Å². The predicted octanol–water partition coefficient (Wildman–Crippen LogP) is 2.24. The molecule has 0 bridgehead atoms. The molecule has 1 rings (SSSR count). The second-order valence-corrected chi connectivity index (χ2v) is 5.40. The molecule has 92 valence electrons. The van der Waals surface area contributed by atoms with E-state index >= 15 is 0 Å². The van der Waals surface area contributed by atoms with Crippen molar-refractivity contribution in [3.05, 3.63) is 16.6 Å². The van der Waals surface area contributed by atoms with Crippen LogP contribution in [-0.4, -0.2) is 18.1 Å². The Bertz CT molecular complexity index is 259. The lowest BCUT2D eigenvalue weighted by atomic mass is 9.94. The van der Waals surface area contributed by atoms with Gasteiger partial charge in [0.2, 0.25) is 0 Å². The van der Waals surface area contributed by atoms with Crippen LogP contribution in [-0.2, 0) is 6.54 Å². The molecule has 1 aromatic heterocycles. The Kier molecular flexibility index (Phi) is 6.61. The molecule has 0 aliphatic heterocycles. The van der Waals surface area contributed by atoms with Gasteiger partial charge in [-0.05, 0) is 37.8 Å². The van der Waals surface area contributed by atoms with Crippen molar-refractivity contribution >= 4 is 11.3 Å². The second-order valence-electron chi connectivity index (χ2n) is 4.68. The Morgan fingerprint density at radius 2 is 2.31 bits per heavy atom. The third-order valence-electron chi connectivity index (χ3n) is 2.66. The number of thiazole rings is 1. The predicted molar refractivity (Wildman–Crippen MR) is 70.4 cm³/mol. The number of nitrogens with zero attached hydrogens (tertiary/aromatic N) is 1. The molecule has 0 saturated heterocycles. The summed E-state index contributed by atoms with van der Waals surface area (Å²) in [7, 11) is 0. The van der Waals surface area contributed by atoms with Crippen LogP contribution in [0.5, 0.6) is 0 Å². The fraction of sp³-hybridized carbons (Fsp3) is 0.750. The zero-order valence-electron chi connectivity index (χ0n) is 10.3. The highest BCUT2D eigenvalue weighted by Gasteiger charge is 2.08. The summed E-state index contributed by atoms with van der Waals surface area (Å²) in [4.78, 5) is 4.23. The number of nitrogens with one attached hydrogen (secondary N) is 1. The van der Waals surface area contributed by atoms with E-state index in [1.54, 1.807) is 11.3 Å². The average Bonchev–Trinajstić information content (AvgIpc) is 2.74. The van der Waals surface area contributed by atoms with Crippen LogP contribution in [0, 0.1) is 11.8 Å².